The second-order valence-electron chi connectivity index (χ2n) is 5.88. The normalized spacial score (nSPS) is 27.7. The molecule has 0 aromatic rings. The predicted octanol–water partition coefficient (Wildman–Crippen LogP) is 1.45. The zero-order valence-corrected chi connectivity index (χ0v) is 11.4. The van der Waals surface area contributed by atoms with Crippen LogP contribution in [0.15, 0.2) is 0 Å². The van der Waals surface area contributed by atoms with Crippen LogP contribution < -0.4 is 10.6 Å². The number of nitrogens with one attached hydrogen (secondary N) is 2. The predicted molar refractivity (Wildman–Crippen MR) is 73.3 cm³/mol. The van der Waals surface area contributed by atoms with Crippen molar-refractivity contribution in [3.8, 4) is 0 Å². The number of likely N-dealkylation sites (tertiary alicyclic amines) is 1. The molecular formula is C14H29N3. The molecule has 2 rings (SSSR count). The van der Waals surface area contributed by atoms with E-state index in [1.54, 1.807) is 0 Å². The van der Waals surface area contributed by atoms with Gasteiger partial charge in [0.05, 0.1) is 0 Å². The Hall–Kier alpha value is -0.120. The summed E-state index contributed by atoms with van der Waals surface area (Å²) in [6, 6.07) is 0.742. The first-order valence-electron chi connectivity index (χ1n) is 7.51. The van der Waals surface area contributed by atoms with E-state index in [1.165, 1.54) is 64.8 Å². The van der Waals surface area contributed by atoms with Gasteiger partial charge >= 0.3 is 0 Å². The number of hydrogen-bond acceptors (Lipinski definition) is 3. The monoisotopic (exact) mass is 239 g/mol. The van der Waals surface area contributed by atoms with E-state index in [9.17, 15) is 0 Å². The molecular weight excluding hydrogens is 210 g/mol. The third-order valence-corrected chi connectivity index (χ3v) is 4.26. The van der Waals surface area contributed by atoms with Gasteiger partial charge in [-0.3, -0.25) is 0 Å². The Morgan fingerprint density at radius 3 is 2.76 bits per heavy atom. The summed E-state index contributed by atoms with van der Waals surface area (Å²) in [4.78, 5) is 2.63. The number of piperidine rings is 1. The standard InChI is InChI=1S/C14H29N3/c1-13-5-10-17(11-6-13)9-3-7-15-12-14-4-2-8-16-14/h13-16H,2-12H2,1H3. The lowest BCUT2D eigenvalue weighted by atomic mass is 9.99. The molecule has 17 heavy (non-hydrogen) atoms. The lowest BCUT2D eigenvalue weighted by Crippen LogP contribution is -2.37. The first-order valence-corrected chi connectivity index (χ1v) is 7.51. The third-order valence-electron chi connectivity index (χ3n) is 4.26. The van der Waals surface area contributed by atoms with Gasteiger partial charge in [0.2, 0.25) is 0 Å². The zero-order chi connectivity index (χ0) is 11.9. The highest BCUT2D eigenvalue weighted by Crippen LogP contribution is 2.15. The van der Waals surface area contributed by atoms with E-state index in [0.717, 1.165) is 18.5 Å². The van der Waals surface area contributed by atoms with Crippen LogP contribution in [0.3, 0.4) is 0 Å². The summed E-state index contributed by atoms with van der Waals surface area (Å²) in [7, 11) is 0. The fourth-order valence-electron chi connectivity index (χ4n) is 2.92. The van der Waals surface area contributed by atoms with Gasteiger partial charge in [0, 0.05) is 12.6 Å². The highest BCUT2D eigenvalue weighted by atomic mass is 15.1. The van der Waals surface area contributed by atoms with Gasteiger partial charge in [-0.05, 0) is 70.7 Å². The molecule has 0 aliphatic carbocycles. The SMILES string of the molecule is CC1CCN(CCCNCC2CCCN2)CC1. The Balaban J connectivity index is 1.43. The molecule has 2 aliphatic heterocycles. The lowest BCUT2D eigenvalue weighted by molar-refractivity contribution is 0.190. The molecule has 0 bridgehead atoms. The second kappa shape index (κ2) is 7.34. The van der Waals surface area contributed by atoms with Crippen molar-refractivity contribution in [2.75, 3.05) is 39.3 Å². The van der Waals surface area contributed by atoms with Crippen molar-refractivity contribution >= 4 is 0 Å². The Morgan fingerprint density at radius 1 is 1.24 bits per heavy atom. The average molecular weight is 239 g/mol. The largest absolute Gasteiger partial charge is 0.315 e. The summed E-state index contributed by atoms with van der Waals surface area (Å²) < 4.78 is 0. The molecule has 0 aromatic heterocycles. The maximum Gasteiger partial charge on any atom is 0.0192 e. The van der Waals surface area contributed by atoms with Gasteiger partial charge in [-0.1, -0.05) is 6.92 Å². The van der Waals surface area contributed by atoms with Crippen LogP contribution in [0.5, 0.6) is 0 Å². The quantitative estimate of drug-likeness (QED) is 0.687. The molecule has 1 unspecified atom stereocenters. The van der Waals surface area contributed by atoms with Crippen LogP contribution >= 0.6 is 0 Å². The molecule has 2 saturated heterocycles. The first-order chi connectivity index (χ1) is 8.34. The van der Waals surface area contributed by atoms with Crippen molar-refractivity contribution in [1.82, 2.24) is 15.5 Å². The van der Waals surface area contributed by atoms with Gasteiger partial charge in [0.25, 0.3) is 0 Å². The minimum absolute atomic E-state index is 0.742. The van der Waals surface area contributed by atoms with Crippen molar-refractivity contribution in [2.45, 2.75) is 45.1 Å². The molecule has 2 fully saturated rings. The smallest absolute Gasteiger partial charge is 0.0192 e. The average Bonchev–Trinajstić information content (AvgIpc) is 2.84. The molecule has 0 saturated carbocycles. The molecule has 100 valence electrons. The minimum atomic E-state index is 0.742. The van der Waals surface area contributed by atoms with E-state index in [-0.39, 0.29) is 0 Å². The topological polar surface area (TPSA) is 27.3 Å². The van der Waals surface area contributed by atoms with Crippen molar-refractivity contribution < 1.29 is 0 Å². The second-order valence-corrected chi connectivity index (χ2v) is 5.88. The summed E-state index contributed by atoms with van der Waals surface area (Å²) >= 11 is 0. The maximum absolute atomic E-state index is 3.59. The molecule has 0 radical (unpaired) electrons. The molecule has 1 atom stereocenters. The van der Waals surface area contributed by atoms with Gasteiger partial charge in [-0.15, -0.1) is 0 Å². The van der Waals surface area contributed by atoms with Crippen molar-refractivity contribution in [2.24, 2.45) is 5.92 Å². The molecule has 2 N–H and O–H groups in total. The summed E-state index contributed by atoms with van der Waals surface area (Å²) in [5, 5.41) is 7.12. The van der Waals surface area contributed by atoms with E-state index < -0.39 is 0 Å². The molecule has 3 heteroatoms. The minimum Gasteiger partial charge on any atom is -0.315 e. The van der Waals surface area contributed by atoms with E-state index in [2.05, 4.69) is 22.5 Å². The van der Waals surface area contributed by atoms with E-state index in [4.69, 9.17) is 0 Å². The summed E-state index contributed by atoms with van der Waals surface area (Å²) in [5.41, 5.74) is 0. The summed E-state index contributed by atoms with van der Waals surface area (Å²) in [6.07, 6.45) is 6.83. The van der Waals surface area contributed by atoms with Crippen LogP contribution in [0.2, 0.25) is 0 Å². The van der Waals surface area contributed by atoms with Crippen molar-refractivity contribution in [1.29, 1.82) is 0 Å². The van der Waals surface area contributed by atoms with Crippen LogP contribution in [0, 0.1) is 5.92 Å². The van der Waals surface area contributed by atoms with Gasteiger partial charge in [0.1, 0.15) is 0 Å². The number of rotatable bonds is 6. The molecule has 0 amide bonds. The maximum atomic E-state index is 3.59. The van der Waals surface area contributed by atoms with Gasteiger partial charge < -0.3 is 15.5 Å². The van der Waals surface area contributed by atoms with Gasteiger partial charge in [-0.2, -0.15) is 0 Å². The van der Waals surface area contributed by atoms with Crippen molar-refractivity contribution in [3.63, 3.8) is 0 Å². The number of nitrogens with zero attached hydrogens (tertiary/aromatic N) is 1. The Morgan fingerprint density at radius 2 is 2.06 bits per heavy atom. The summed E-state index contributed by atoms with van der Waals surface area (Å²) in [6.45, 7) is 9.89. The molecule has 0 aromatic carbocycles. The third kappa shape index (κ3) is 4.94. The van der Waals surface area contributed by atoms with E-state index in [0.29, 0.717) is 0 Å². The molecule has 2 aliphatic rings. The van der Waals surface area contributed by atoms with Crippen LogP contribution in [-0.2, 0) is 0 Å². The molecule has 3 nitrogen and oxygen atoms in total. The van der Waals surface area contributed by atoms with Crippen LogP contribution in [0.4, 0.5) is 0 Å². The lowest BCUT2D eigenvalue weighted by Gasteiger charge is -2.30. The fraction of sp³-hybridized carbons (Fsp3) is 1.00. The Kier molecular flexibility index (Phi) is 5.75. The number of hydrogen-bond donors (Lipinski definition) is 2. The van der Waals surface area contributed by atoms with E-state index in [1.807, 2.05) is 0 Å². The zero-order valence-electron chi connectivity index (χ0n) is 11.4. The highest BCUT2D eigenvalue weighted by Gasteiger charge is 2.15. The molecule has 0 spiro atoms. The van der Waals surface area contributed by atoms with Crippen LogP contribution in [0.25, 0.3) is 0 Å². The summed E-state index contributed by atoms with van der Waals surface area (Å²) in [5.74, 6) is 0.956. The van der Waals surface area contributed by atoms with Gasteiger partial charge in [-0.25, -0.2) is 0 Å². The van der Waals surface area contributed by atoms with Crippen LogP contribution in [0.1, 0.15) is 39.0 Å². The molecule has 2 heterocycles. The van der Waals surface area contributed by atoms with Crippen LogP contribution in [-0.4, -0.2) is 50.2 Å². The fourth-order valence-corrected chi connectivity index (χ4v) is 2.92. The Labute approximate surface area is 106 Å². The van der Waals surface area contributed by atoms with Gasteiger partial charge in [0.15, 0.2) is 0 Å². The first kappa shape index (κ1) is 13.3. The Bertz CT molecular complexity index is 194. The highest BCUT2D eigenvalue weighted by molar-refractivity contribution is 4.76. The van der Waals surface area contributed by atoms with E-state index >= 15 is 0 Å². The van der Waals surface area contributed by atoms with Crippen molar-refractivity contribution in [3.05, 3.63) is 0 Å².